The van der Waals surface area contributed by atoms with Crippen LogP contribution in [0.4, 0.5) is 5.69 Å². The molecule has 0 aliphatic heterocycles. The number of nitrogens with zero attached hydrogens (tertiary/aromatic N) is 3. The summed E-state index contributed by atoms with van der Waals surface area (Å²) in [6.45, 7) is 6.30. The van der Waals surface area contributed by atoms with Crippen LogP contribution in [0, 0.1) is 4.91 Å². The summed E-state index contributed by atoms with van der Waals surface area (Å²) in [5.74, 6) is 0. The predicted octanol–water partition coefficient (Wildman–Crippen LogP) is 5.40. The van der Waals surface area contributed by atoms with E-state index in [0.717, 1.165) is 15.7 Å². The second-order valence-corrected chi connectivity index (χ2v) is 5.53. The minimum Gasteiger partial charge on any atom is -0.268 e. The fraction of sp³-hybridized carbons (Fsp3) is 0.118. The van der Waals surface area contributed by atoms with E-state index in [4.69, 9.17) is 0 Å². The molecular weight excluding hydrogens is 342 g/mol. The fourth-order valence-electron chi connectivity index (χ4n) is 2.01. The van der Waals surface area contributed by atoms with Gasteiger partial charge in [0, 0.05) is 16.2 Å². The van der Waals surface area contributed by atoms with Crippen molar-refractivity contribution in [1.82, 2.24) is 9.78 Å². The number of hydrogen-bond donors (Lipinski definition) is 0. The number of benzene rings is 1. The summed E-state index contributed by atoms with van der Waals surface area (Å²) < 4.78 is 2.71. The van der Waals surface area contributed by atoms with E-state index in [-0.39, 0.29) is 0 Å². The van der Waals surface area contributed by atoms with E-state index < -0.39 is 0 Å². The van der Waals surface area contributed by atoms with E-state index in [1.54, 1.807) is 18.2 Å². The van der Waals surface area contributed by atoms with Gasteiger partial charge in [0.15, 0.2) is 0 Å². The van der Waals surface area contributed by atoms with Crippen LogP contribution in [0.1, 0.15) is 6.92 Å². The molecule has 0 radical (unpaired) electrons. The first-order valence-corrected chi connectivity index (χ1v) is 7.58. The van der Waals surface area contributed by atoms with Crippen molar-refractivity contribution < 1.29 is 0 Å². The Kier molecular flexibility index (Phi) is 5.61. The van der Waals surface area contributed by atoms with Gasteiger partial charge in [0.25, 0.3) is 0 Å². The summed E-state index contributed by atoms with van der Waals surface area (Å²) in [4.78, 5) is 10.9. The van der Waals surface area contributed by atoms with Crippen LogP contribution >= 0.6 is 15.9 Å². The van der Waals surface area contributed by atoms with Gasteiger partial charge in [0.2, 0.25) is 0 Å². The molecule has 0 bridgehead atoms. The Bertz CT molecular complexity index is 744. The average Bonchev–Trinajstić information content (AvgIpc) is 2.99. The molecule has 0 fully saturated rings. The SMILES string of the molecule is C=C/C=C\C(=C/C)Cn1ccc(-c2cc(Br)ccc2N=O)n1. The van der Waals surface area contributed by atoms with Crippen LogP contribution in [0.3, 0.4) is 0 Å². The van der Waals surface area contributed by atoms with Crippen LogP contribution in [0.5, 0.6) is 0 Å². The van der Waals surface area contributed by atoms with Crippen molar-refractivity contribution >= 4 is 21.6 Å². The van der Waals surface area contributed by atoms with Gasteiger partial charge in [-0.1, -0.05) is 46.8 Å². The van der Waals surface area contributed by atoms with Crippen LogP contribution in [-0.4, -0.2) is 9.78 Å². The Morgan fingerprint density at radius 3 is 2.95 bits per heavy atom. The molecule has 0 spiro atoms. The Morgan fingerprint density at radius 2 is 2.27 bits per heavy atom. The molecule has 0 aliphatic carbocycles. The smallest absolute Gasteiger partial charge is 0.117 e. The summed E-state index contributed by atoms with van der Waals surface area (Å²) in [6, 6.07) is 7.18. The highest BCUT2D eigenvalue weighted by molar-refractivity contribution is 9.10. The number of aromatic nitrogens is 2. The molecule has 2 rings (SSSR count). The van der Waals surface area contributed by atoms with Gasteiger partial charge in [0.05, 0.1) is 12.2 Å². The molecule has 0 amide bonds. The first-order valence-electron chi connectivity index (χ1n) is 6.79. The van der Waals surface area contributed by atoms with E-state index in [9.17, 15) is 4.91 Å². The third kappa shape index (κ3) is 3.89. The summed E-state index contributed by atoms with van der Waals surface area (Å²) >= 11 is 3.40. The molecular formula is C17H16BrN3O. The molecule has 0 aliphatic rings. The Hall–Kier alpha value is -2.27. The lowest BCUT2D eigenvalue weighted by Crippen LogP contribution is -2.00. The highest BCUT2D eigenvalue weighted by Gasteiger charge is 2.10. The fourth-order valence-corrected chi connectivity index (χ4v) is 2.37. The highest BCUT2D eigenvalue weighted by Crippen LogP contribution is 2.31. The third-order valence-electron chi connectivity index (χ3n) is 3.14. The van der Waals surface area contributed by atoms with Crippen LogP contribution in [0.2, 0.25) is 0 Å². The Balaban J connectivity index is 2.29. The number of hydrogen-bond acceptors (Lipinski definition) is 3. The van der Waals surface area contributed by atoms with E-state index in [1.165, 1.54) is 0 Å². The van der Waals surface area contributed by atoms with Gasteiger partial charge in [-0.2, -0.15) is 5.10 Å². The van der Waals surface area contributed by atoms with Gasteiger partial charge in [-0.15, -0.1) is 4.91 Å². The van der Waals surface area contributed by atoms with Gasteiger partial charge in [-0.05, 0) is 41.9 Å². The Morgan fingerprint density at radius 1 is 1.45 bits per heavy atom. The molecule has 0 unspecified atom stereocenters. The molecule has 1 aromatic heterocycles. The molecule has 112 valence electrons. The summed E-state index contributed by atoms with van der Waals surface area (Å²) in [7, 11) is 0. The number of rotatable bonds is 6. The van der Waals surface area contributed by atoms with Crippen molar-refractivity contribution in [2.45, 2.75) is 13.5 Å². The maximum absolute atomic E-state index is 10.9. The van der Waals surface area contributed by atoms with Crippen molar-refractivity contribution in [3.63, 3.8) is 0 Å². The normalized spacial score (nSPS) is 11.8. The van der Waals surface area contributed by atoms with Gasteiger partial charge in [0.1, 0.15) is 5.69 Å². The van der Waals surface area contributed by atoms with Crippen molar-refractivity contribution in [1.29, 1.82) is 0 Å². The van der Waals surface area contributed by atoms with Crippen molar-refractivity contribution in [2.24, 2.45) is 5.18 Å². The number of allylic oxidation sites excluding steroid dienone is 5. The van der Waals surface area contributed by atoms with Crippen LogP contribution in [0.25, 0.3) is 11.3 Å². The lowest BCUT2D eigenvalue weighted by atomic mass is 10.1. The standard InChI is InChI=1S/C17H16BrN3O/c1-3-5-6-13(4-2)12-21-10-9-16(19-21)15-11-14(18)7-8-17(15)20-22/h3-11H,1,12H2,2H3/b6-5-,13-4+. The minimum atomic E-state index is 0.381. The molecule has 0 N–H and O–H groups in total. The minimum absolute atomic E-state index is 0.381. The second kappa shape index (κ2) is 7.66. The third-order valence-corrected chi connectivity index (χ3v) is 3.63. The summed E-state index contributed by atoms with van der Waals surface area (Å²) in [5.41, 5.74) is 2.94. The Labute approximate surface area is 138 Å². The number of halogens is 1. The molecule has 4 nitrogen and oxygen atoms in total. The van der Waals surface area contributed by atoms with Crippen molar-refractivity contribution in [2.75, 3.05) is 0 Å². The molecule has 22 heavy (non-hydrogen) atoms. The molecule has 5 heteroatoms. The quantitative estimate of drug-likeness (QED) is 0.513. The van der Waals surface area contributed by atoms with E-state index in [1.807, 2.05) is 48.2 Å². The van der Waals surface area contributed by atoms with E-state index >= 15 is 0 Å². The van der Waals surface area contributed by atoms with Gasteiger partial charge < -0.3 is 0 Å². The lowest BCUT2D eigenvalue weighted by Gasteiger charge is -2.03. The van der Waals surface area contributed by atoms with Crippen molar-refractivity contribution in [3.8, 4) is 11.3 Å². The molecule has 1 heterocycles. The predicted molar refractivity (Wildman–Crippen MR) is 93.9 cm³/mol. The van der Waals surface area contributed by atoms with Gasteiger partial charge in [-0.25, -0.2) is 0 Å². The molecule has 2 aromatic rings. The number of nitroso groups, excluding NO2 is 1. The first kappa shape index (κ1) is 16.1. The molecule has 0 saturated carbocycles. The first-order chi connectivity index (χ1) is 10.7. The van der Waals surface area contributed by atoms with Crippen LogP contribution in [0.15, 0.2) is 76.6 Å². The zero-order chi connectivity index (χ0) is 15.9. The lowest BCUT2D eigenvalue weighted by molar-refractivity contribution is 0.688. The van der Waals surface area contributed by atoms with E-state index in [0.29, 0.717) is 17.8 Å². The molecule has 0 saturated heterocycles. The highest BCUT2D eigenvalue weighted by atomic mass is 79.9. The molecule has 1 aromatic carbocycles. The second-order valence-electron chi connectivity index (χ2n) is 4.61. The van der Waals surface area contributed by atoms with Crippen LogP contribution < -0.4 is 0 Å². The molecule has 0 atom stereocenters. The summed E-state index contributed by atoms with van der Waals surface area (Å²) in [6.07, 6.45) is 9.53. The topological polar surface area (TPSA) is 47.2 Å². The monoisotopic (exact) mass is 357 g/mol. The maximum Gasteiger partial charge on any atom is 0.117 e. The van der Waals surface area contributed by atoms with Gasteiger partial charge >= 0.3 is 0 Å². The van der Waals surface area contributed by atoms with Crippen LogP contribution in [-0.2, 0) is 6.54 Å². The zero-order valence-corrected chi connectivity index (χ0v) is 13.8. The zero-order valence-electron chi connectivity index (χ0n) is 12.2. The largest absolute Gasteiger partial charge is 0.268 e. The maximum atomic E-state index is 10.9. The summed E-state index contributed by atoms with van der Waals surface area (Å²) in [5, 5.41) is 7.58. The van der Waals surface area contributed by atoms with E-state index in [2.05, 4.69) is 32.8 Å². The van der Waals surface area contributed by atoms with Crippen molar-refractivity contribution in [3.05, 3.63) is 76.3 Å². The van der Waals surface area contributed by atoms with Gasteiger partial charge in [-0.3, -0.25) is 4.68 Å². The average molecular weight is 358 g/mol.